The highest BCUT2D eigenvalue weighted by Gasteiger charge is 2.53. The summed E-state index contributed by atoms with van der Waals surface area (Å²) in [6.45, 7) is 22.1. The monoisotopic (exact) mass is 1120 g/mol. The van der Waals surface area contributed by atoms with Crippen molar-refractivity contribution in [3.8, 4) is 48.8 Å². The van der Waals surface area contributed by atoms with Gasteiger partial charge in [0.25, 0.3) is 11.8 Å². The zero-order valence-electron chi connectivity index (χ0n) is 40.3. The molecule has 6 nitrogen and oxygen atoms in total. The van der Waals surface area contributed by atoms with Gasteiger partial charge in [-0.25, -0.2) is 0 Å². The molecular weight excluding hydrogens is 1060 g/mol. The van der Waals surface area contributed by atoms with Crippen molar-refractivity contribution in [3.63, 3.8) is 0 Å². The summed E-state index contributed by atoms with van der Waals surface area (Å²) >= 11 is 14.0. The summed E-state index contributed by atoms with van der Waals surface area (Å²) in [4.78, 5) is 47.8. The Morgan fingerprint density at radius 3 is 1.06 bits per heavy atom. The molecule has 8 aromatic heterocycles. The number of hydrogen-bond donors (Lipinski definition) is 0. The van der Waals surface area contributed by atoms with Gasteiger partial charge in [-0.15, -0.1) is 90.7 Å². The molecule has 0 N–H and O–H groups in total. The van der Waals surface area contributed by atoms with Crippen LogP contribution in [0.5, 0.6) is 0 Å². The molecule has 17 heteroatoms. The molecule has 3 aliphatic rings. The molecule has 0 unspecified atom stereocenters. The van der Waals surface area contributed by atoms with E-state index >= 15 is 0 Å². The molecule has 0 aliphatic carbocycles. The Balaban J connectivity index is 0.000000270. The van der Waals surface area contributed by atoms with Crippen molar-refractivity contribution in [3.05, 3.63) is 134 Å². The molecule has 0 bridgehead atoms. The molecule has 8 aromatic rings. The van der Waals surface area contributed by atoms with E-state index in [2.05, 4.69) is 180 Å². The fourth-order valence-electron chi connectivity index (χ4n) is 8.39. The van der Waals surface area contributed by atoms with Crippen LogP contribution in [0.25, 0.3) is 60.2 Å². The molecule has 0 aromatic carbocycles. The number of nitrogens with zero attached hydrogens (tertiary/aromatic N) is 2. The third-order valence-electron chi connectivity index (χ3n) is 12.2. The third-order valence-corrected chi connectivity index (χ3v) is 23.8. The van der Waals surface area contributed by atoms with Crippen LogP contribution in [0.4, 0.5) is 0 Å². The first-order valence-electron chi connectivity index (χ1n) is 22.8. The maximum Gasteiger partial charge on any atom is 0.505 e. The maximum atomic E-state index is 14.8. The van der Waals surface area contributed by atoms with Crippen LogP contribution >= 0.6 is 90.7 Å². The first-order chi connectivity index (χ1) is 32.7. The average molecular weight is 1130 g/mol. The van der Waals surface area contributed by atoms with Gasteiger partial charge in [-0.1, -0.05) is 78.4 Å². The zero-order chi connectivity index (χ0) is 48.6. The highest BCUT2D eigenvalue weighted by molar-refractivity contribution is 7.28. The van der Waals surface area contributed by atoms with Crippen molar-refractivity contribution in [2.75, 3.05) is 12.3 Å². The second-order valence-corrected chi connectivity index (χ2v) is 39.9. The lowest BCUT2D eigenvalue weighted by molar-refractivity contribution is -0.123. The largest absolute Gasteiger partial charge is 0.505 e. The van der Waals surface area contributed by atoms with Gasteiger partial charge in [-0.05, 0) is 117 Å². The standard InChI is InChI=1S/C38H36N2O2S6Si2.C14H17BO2S2.2CH4/c1-49(2,3)21-39-35(31-17-15-29(47-31)27-13-11-25(45-27)23-9-7-19-43-23)33-34(37(39)41)36(40(38(33)42)22-50(4,5)6)32-18-16-30(48-32)28-14-12-26(46-28)24-10-8-20-44-24;1-13(2)14(3,4)17-15(16-13)12-8-7-11(19-12)10-6-5-9-18-10;;/h7-20H,21-22H2,1-6H3;5-9H,1-4H3;2*1H4. The molecule has 1 saturated heterocycles. The van der Waals surface area contributed by atoms with Crippen molar-refractivity contribution < 1.29 is 18.9 Å². The summed E-state index contributed by atoms with van der Waals surface area (Å²) < 4.78 is 13.3. The summed E-state index contributed by atoms with van der Waals surface area (Å²) in [6, 6.07) is 34.3. The number of fused-ring (bicyclic) bond motifs is 1. The van der Waals surface area contributed by atoms with E-state index < -0.39 is 16.1 Å². The Kier molecular flexibility index (Phi) is 15.6. The normalized spacial score (nSPS) is 16.5. The Bertz CT molecular complexity index is 3040. The molecular formula is C54H61BN2O4S8Si2. The highest BCUT2D eigenvalue weighted by atomic mass is 32.1. The summed E-state index contributed by atoms with van der Waals surface area (Å²) in [5.41, 5.74) is 2.23. The number of carbonyl (C=O) groups excluding carboxylic acids is 2. The number of thiophene rings is 8. The minimum Gasteiger partial charge on any atom is -0.399 e. The molecule has 11 heterocycles. The minimum atomic E-state index is -1.77. The van der Waals surface area contributed by atoms with Crippen LogP contribution in [-0.4, -0.2) is 68.4 Å². The van der Waals surface area contributed by atoms with Crippen LogP contribution in [0.2, 0.25) is 39.3 Å². The Hall–Kier alpha value is -3.56. The van der Waals surface area contributed by atoms with Gasteiger partial charge in [0.1, 0.15) is 0 Å². The molecule has 71 heavy (non-hydrogen) atoms. The Morgan fingerprint density at radius 1 is 0.437 bits per heavy atom. The number of hydrogen-bond acceptors (Lipinski definition) is 12. The van der Waals surface area contributed by atoms with Gasteiger partial charge in [-0.2, -0.15) is 0 Å². The first kappa shape index (κ1) is 53.7. The molecule has 0 radical (unpaired) electrons. The van der Waals surface area contributed by atoms with Crippen LogP contribution in [0.15, 0.2) is 124 Å². The van der Waals surface area contributed by atoms with E-state index in [0.29, 0.717) is 23.5 Å². The maximum absolute atomic E-state index is 14.8. The molecule has 11 rings (SSSR count). The molecule has 3 aliphatic heterocycles. The van der Waals surface area contributed by atoms with Gasteiger partial charge in [0.2, 0.25) is 0 Å². The molecule has 0 spiro atoms. The minimum absolute atomic E-state index is 0. The zero-order valence-corrected chi connectivity index (χ0v) is 48.8. The smallest absolute Gasteiger partial charge is 0.399 e. The lowest BCUT2D eigenvalue weighted by Gasteiger charge is -2.32. The predicted octanol–water partition coefficient (Wildman–Crippen LogP) is 17.3. The van der Waals surface area contributed by atoms with Crippen molar-refractivity contribution in [1.29, 1.82) is 0 Å². The predicted molar refractivity (Wildman–Crippen MR) is 323 cm³/mol. The topological polar surface area (TPSA) is 59.1 Å². The van der Waals surface area contributed by atoms with Crippen LogP contribution < -0.4 is 4.78 Å². The van der Waals surface area contributed by atoms with E-state index in [9.17, 15) is 9.59 Å². The van der Waals surface area contributed by atoms with Gasteiger partial charge in [-0.3, -0.25) is 9.59 Å². The van der Waals surface area contributed by atoms with E-state index in [-0.39, 0.29) is 45.0 Å². The van der Waals surface area contributed by atoms with Crippen LogP contribution in [0.3, 0.4) is 0 Å². The van der Waals surface area contributed by atoms with Gasteiger partial charge in [0, 0.05) is 65.9 Å². The lowest BCUT2D eigenvalue weighted by Crippen LogP contribution is -2.43. The van der Waals surface area contributed by atoms with Gasteiger partial charge < -0.3 is 19.1 Å². The van der Waals surface area contributed by atoms with Crippen LogP contribution in [-0.2, 0) is 18.9 Å². The average Bonchev–Trinajstić information content (AvgIpc) is 4.11. The Labute approximate surface area is 454 Å². The molecule has 370 valence electrons. The summed E-state index contributed by atoms with van der Waals surface area (Å²) in [7, 11) is -3.78. The van der Waals surface area contributed by atoms with E-state index in [1.165, 1.54) is 39.0 Å². The van der Waals surface area contributed by atoms with E-state index in [0.717, 1.165) is 35.7 Å². The third kappa shape index (κ3) is 10.9. The van der Waals surface area contributed by atoms with Crippen molar-refractivity contribution in [2.24, 2.45) is 0 Å². The molecule has 2 amide bonds. The van der Waals surface area contributed by atoms with Crippen molar-refractivity contribution in [1.82, 2.24) is 9.80 Å². The molecule has 1 fully saturated rings. The second-order valence-electron chi connectivity index (χ2n) is 20.7. The highest BCUT2D eigenvalue weighted by Crippen LogP contribution is 2.52. The van der Waals surface area contributed by atoms with Crippen LogP contribution in [0, 0.1) is 0 Å². The summed E-state index contributed by atoms with van der Waals surface area (Å²) in [5.74, 6) is -0.0630. The fraction of sp³-hybridized carbons (Fsp3) is 0.296. The van der Waals surface area contributed by atoms with Gasteiger partial charge in [0.05, 0.1) is 59.6 Å². The quantitative estimate of drug-likeness (QED) is 0.114. The molecule has 0 saturated carbocycles. The van der Waals surface area contributed by atoms with Gasteiger partial charge in [0.15, 0.2) is 0 Å². The molecule has 0 atom stereocenters. The van der Waals surface area contributed by atoms with E-state index in [1.54, 1.807) is 90.7 Å². The Morgan fingerprint density at radius 2 is 0.732 bits per heavy atom. The number of rotatable bonds is 12. The SMILES string of the molecule is C.C.CC1(C)OB(c2ccc(-c3cccs3)s2)OC1(C)C.C[Si](C)(C)CN1C(=O)C2=C(c3ccc(-c4ccc(-c5cccs5)s4)s3)N(C[Si](C)(C)C)C(=O)C2=C1c1ccc(-c2ccc(-c3cccs3)s2)s1. The lowest BCUT2D eigenvalue weighted by atomic mass is 9.88. The van der Waals surface area contributed by atoms with Gasteiger partial charge >= 0.3 is 7.12 Å². The van der Waals surface area contributed by atoms with Crippen LogP contribution in [0.1, 0.15) is 52.3 Å². The summed E-state index contributed by atoms with van der Waals surface area (Å²) in [6.07, 6.45) is 1.32. The summed E-state index contributed by atoms with van der Waals surface area (Å²) in [5, 5.41) is 6.32. The second kappa shape index (κ2) is 20.6. The number of carbonyl (C=O) groups is 2. The fourth-order valence-corrected chi connectivity index (χ4v) is 18.7. The van der Waals surface area contributed by atoms with Crippen molar-refractivity contribution in [2.45, 2.75) is 93.0 Å². The first-order valence-corrected chi connectivity index (χ1v) is 37.0. The number of amides is 2. The van der Waals surface area contributed by atoms with E-state index in [1.807, 2.05) is 9.80 Å². The van der Waals surface area contributed by atoms with E-state index in [4.69, 9.17) is 9.31 Å². The van der Waals surface area contributed by atoms with Crippen molar-refractivity contribution >= 4 is 142 Å².